The second kappa shape index (κ2) is 1.99. The van der Waals surface area contributed by atoms with Gasteiger partial charge in [-0.25, -0.2) is 0 Å². The van der Waals surface area contributed by atoms with Crippen LogP contribution in [0.1, 0.15) is 0 Å². The molecule has 0 aliphatic rings. The molecule has 0 saturated heterocycles. The third-order valence-electron chi connectivity index (χ3n) is 1.02. The quantitative estimate of drug-likeness (QED) is 0.500. The van der Waals surface area contributed by atoms with Gasteiger partial charge in [0.2, 0.25) is 0 Å². The second-order valence-corrected chi connectivity index (χ2v) is 3.12. The topological polar surface area (TPSA) is 96.2 Å². The van der Waals surface area contributed by atoms with E-state index in [0.717, 1.165) is 0 Å². The molecule has 0 atom stereocenters. The Morgan fingerprint density at radius 2 is 2.20 bits per heavy atom. The molecule has 10 heavy (non-hydrogen) atoms. The van der Waals surface area contributed by atoms with E-state index >= 15 is 0 Å². The molecule has 0 fully saturated rings. The minimum atomic E-state index is -4.15. The number of hydrogen-bond donors (Lipinski definition) is 3. The highest BCUT2D eigenvalue weighted by atomic mass is 32.2. The van der Waals surface area contributed by atoms with Crippen LogP contribution in [0.3, 0.4) is 0 Å². The number of H-pyrrole nitrogens is 1. The zero-order valence-corrected chi connectivity index (χ0v) is 5.72. The molecule has 0 saturated carbocycles. The molecule has 0 amide bonds. The van der Waals surface area contributed by atoms with Crippen molar-refractivity contribution < 1.29 is 13.0 Å². The van der Waals surface area contributed by atoms with Gasteiger partial charge in [-0.2, -0.15) is 8.42 Å². The first kappa shape index (κ1) is 7.10. The predicted octanol–water partition coefficient (Wildman–Crippen LogP) is -0.156. The maximum absolute atomic E-state index is 10.4. The summed E-state index contributed by atoms with van der Waals surface area (Å²) in [5.74, 6) is -0.0532. The van der Waals surface area contributed by atoms with Gasteiger partial charge in [0.1, 0.15) is 10.7 Å². The second-order valence-electron chi connectivity index (χ2n) is 1.73. The lowest BCUT2D eigenvalue weighted by atomic mass is 10.6. The van der Waals surface area contributed by atoms with Crippen LogP contribution in [-0.2, 0) is 10.1 Å². The summed E-state index contributed by atoms with van der Waals surface area (Å²) in [4.78, 5) is 2.13. The average molecular weight is 162 g/mol. The summed E-state index contributed by atoms with van der Waals surface area (Å²) in [6, 6.07) is 1.19. The van der Waals surface area contributed by atoms with E-state index in [4.69, 9.17) is 10.3 Å². The van der Waals surface area contributed by atoms with Gasteiger partial charge in [0.15, 0.2) is 0 Å². The molecule has 0 aromatic carbocycles. The number of rotatable bonds is 1. The molecule has 4 N–H and O–H groups in total. The van der Waals surface area contributed by atoms with Crippen LogP contribution in [0.5, 0.6) is 0 Å². The minimum absolute atomic E-state index is 0.0532. The highest BCUT2D eigenvalue weighted by Crippen LogP contribution is 2.14. The van der Waals surface area contributed by atoms with Gasteiger partial charge < -0.3 is 10.7 Å². The molecule has 0 unspecified atom stereocenters. The fourth-order valence-electron chi connectivity index (χ4n) is 0.593. The fraction of sp³-hybridized carbons (Fsp3) is 0. The van der Waals surface area contributed by atoms with E-state index in [2.05, 4.69) is 4.98 Å². The van der Waals surface area contributed by atoms with E-state index in [1.165, 1.54) is 12.3 Å². The molecule has 56 valence electrons. The van der Waals surface area contributed by atoms with Crippen LogP contribution in [0.15, 0.2) is 17.2 Å². The smallest absolute Gasteiger partial charge is 0.298 e. The molecular weight excluding hydrogens is 156 g/mol. The standard InChI is InChI=1S/C4H6N2O3S/c5-4-3(1-2-6-4)10(7,8)9/h1-2,6H,5H2,(H,7,8,9). The predicted molar refractivity (Wildman–Crippen MR) is 35.0 cm³/mol. The first-order valence-corrected chi connectivity index (χ1v) is 3.86. The Kier molecular flexibility index (Phi) is 1.42. The lowest BCUT2D eigenvalue weighted by Gasteiger charge is -1.91. The highest BCUT2D eigenvalue weighted by Gasteiger charge is 2.13. The molecule has 0 spiro atoms. The van der Waals surface area contributed by atoms with Crippen LogP contribution in [-0.4, -0.2) is 18.0 Å². The van der Waals surface area contributed by atoms with Gasteiger partial charge in [0, 0.05) is 6.20 Å². The van der Waals surface area contributed by atoms with E-state index in [1.54, 1.807) is 0 Å². The lowest BCUT2D eigenvalue weighted by Crippen LogP contribution is -2.00. The van der Waals surface area contributed by atoms with Gasteiger partial charge >= 0.3 is 0 Å². The molecule has 1 aromatic heterocycles. The molecule has 1 aromatic rings. The van der Waals surface area contributed by atoms with Crippen molar-refractivity contribution in [2.45, 2.75) is 4.90 Å². The molecule has 6 heteroatoms. The summed E-state index contributed by atoms with van der Waals surface area (Å²) in [6.45, 7) is 0. The SMILES string of the molecule is Nc1[nH]ccc1S(=O)(=O)O. The summed E-state index contributed by atoms with van der Waals surface area (Å²) < 4.78 is 29.2. The summed E-state index contributed by atoms with van der Waals surface area (Å²) in [5.41, 5.74) is 5.13. The molecule has 0 bridgehead atoms. The molecule has 0 radical (unpaired) electrons. The van der Waals surface area contributed by atoms with Crippen molar-refractivity contribution in [3.8, 4) is 0 Å². The number of hydrogen-bond acceptors (Lipinski definition) is 3. The zero-order valence-electron chi connectivity index (χ0n) is 4.90. The lowest BCUT2D eigenvalue weighted by molar-refractivity contribution is 0.484. The van der Waals surface area contributed by atoms with Gasteiger partial charge in [-0.1, -0.05) is 0 Å². The Labute approximate surface area is 57.6 Å². The number of nitrogens with two attached hydrogens (primary N) is 1. The summed E-state index contributed by atoms with van der Waals surface area (Å²) in [7, 11) is -4.15. The van der Waals surface area contributed by atoms with Crippen LogP contribution in [0.2, 0.25) is 0 Å². The fourth-order valence-corrected chi connectivity index (χ4v) is 1.17. The number of nitrogens with one attached hydrogen (secondary N) is 1. The Morgan fingerprint density at radius 3 is 2.40 bits per heavy atom. The normalized spacial score (nSPS) is 11.7. The average Bonchev–Trinajstić information content (AvgIpc) is 2.11. The third-order valence-corrected chi connectivity index (χ3v) is 1.93. The Morgan fingerprint density at radius 1 is 1.60 bits per heavy atom. The van der Waals surface area contributed by atoms with Crippen molar-refractivity contribution in [2.75, 3.05) is 5.73 Å². The summed E-state index contributed by atoms with van der Waals surface area (Å²) in [6.07, 6.45) is 1.33. The Bertz CT molecular complexity index is 326. The first-order chi connectivity index (χ1) is 4.52. The molecule has 1 rings (SSSR count). The molecule has 1 heterocycles. The Hall–Kier alpha value is -1.01. The van der Waals surface area contributed by atoms with Crippen molar-refractivity contribution in [1.82, 2.24) is 4.98 Å². The van der Waals surface area contributed by atoms with Crippen LogP contribution in [0.4, 0.5) is 5.82 Å². The highest BCUT2D eigenvalue weighted by molar-refractivity contribution is 7.86. The van der Waals surface area contributed by atoms with Crippen LogP contribution in [0.25, 0.3) is 0 Å². The van der Waals surface area contributed by atoms with Gasteiger partial charge in [0.25, 0.3) is 10.1 Å². The van der Waals surface area contributed by atoms with Crippen LogP contribution in [0, 0.1) is 0 Å². The van der Waals surface area contributed by atoms with Crippen molar-refractivity contribution in [1.29, 1.82) is 0 Å². The largest absolute Gasteiger partial charge is 0.384 e. The van der Waals surface area contributed by atoms with E-state index in [0.29, 0.717) is 0 Å². The maximum atomic E-state index is 10.4. The van der Waals surface area contributed by atoms with Crippen molar-refractivity contribution in [3.63, 3.8) is 0 Å². The summed E-state index contributed by atoms with van der Waals surface area (Å²) >= 11 is 0. The van der Waals surface area contributed by atoms with E-state index in [1.807, 2.05) is 0 Å². The third kappa shape index (κ3) is 1.12. The van der Waals surface area contributed by atoms with Crippen molar-refractivity contribution in [2.24, 2.45) is 0 Å². The number of nitrogen functional groups attached to an aromatic ring is 1. The van der Waals surface area contributed by atoms with Gasteiger partial charge in [0.05, 0.1) is 0 Å². The first-order valence-electron chi connectivity index (χ1n) is 2.42. The minimum Gasteiger partial charge on any atom is -0.384 e. The van der Waals surface area contributed by atoms with Crippen LogP contribution < -0.4 is 5.73 Å². The van der Waals surface area contributed by atoms with Crippen molar-refractivity contribution in [3.05, 3.63) is 12.3 Å². The summed E-state index contributed by atoms with van der Waals surface area (Å²) in [5, 5.41) is 0. The zero-order chi connectivity index (χ0) is 7.78. The van der Waals surface area contributed by atoms with E-state index in [9.17, 15) is 8.42 Å². The molecule has 5 nitrogen and oxygen atoms in total. The van der Waals surface area contributed by atoms with E-state index < -0.39 is 10.1 Å². The molecule has 0 aliphatic heterocycles. The molecule has 0 aliphatic carbocycles. The maximum Gasteiger partial charge on any atom is 0.298 e. The van der Waals surface area contributed by atoms with E-state index in [-0.39, 0.29) is 10.7 Å². The van der Waals surface area contributed by atoms with Crippen molar-refractivity contribution >= 4 is 15.9 Å². The Balaban J connectivity index is 3.32. The monoisotopic (exact) mass is 162 g/mol. The van der Waals surface area contributed by atoms with Gasteiger partial charge in [-0.05, 0) is 6.07 Å². The number of anilines is 1. The van der Waals surface area contributed by atoms with Crippen LogP contribution >= 0.6 is 0 Å². The number of aromatic nitrogens is 1. The molecular formula is C4H6N2O3S. The van der Waals surface area contributed by atoms with Gasteiger partial charge in [-0.3, -0.25) is 4.55 Å². The van der Waals surface area contributed by atoms with Gasteiger partial charge in [-0.15, -0.1) is 0 Å². The number of aromatic amines is 1.